The van der Waals surface area contributed by atoms with Crippen LogP contribution in [0.4, 0.5) is 10.6 Å². The van der Waals surface area contributed by atoms with Gasteiger partial charge in [0.2, 0.25) is 0 Å². The molecule has 178 valence electrons. The molecular weight excluding hydrogens is 420 g/mol. The topological polar surface area (TPSA) is 135 Å². The highest BCUT2D eigenvalue weighted by molar-refractivity contribution is 5.88. The molecule has 2 aliphatic rings. The van der Waals surface area contributed by atoms with Crippen LogP contribution in [0.5, 0.6) is 0 Å². The van der Waals surface area contributed by atoms with E-state index in [2.05, 4.69) is 27.4 Å². The van der Waals surface area contributed by atoms with Crippen LogP contribution in [0, 0.1) is 5.92 Å². The maximum atomic E-state index is 12.6. The number of nitrogens with two attached hydrogens (primary N) is 2. The van der Waals surface area contributed by atoms with E-state index in [0.29, 0.717) is 25.6 Å². The number of nitrogens with one attached hydrogen (secondary N) is 2. The second-order valence-corrected chi connectivity index (χ2v) is 9.04. The van der Waals surface area contributed by atoms with Crippen LogP contribution in [0.1, 0.15) is 25.3 Å². The van der Waals surface area contributed by atoms with Crippen LogP contribution < -0.4 is 27.8 Å². The third kappa shape index (κ3) is 5.97. The summed E-state index contributed by atoms with van der Waals surface area (Å²) in [6.07, 6.45) is 3.65. The fourth-order valence-electron chi connectivity index (χ4n) is 4.48. The summed E-state index contributed by atoms with van der Waals surface area (Å²) in [6, 6.07) is 9.51. The highest BCUT2D eigenvalue weighted by Gasteiger charge is 2.22. The van der Waals surface area contributed by atoms with E-state index < -0.39 is 5.69 Å². The number of amides is 2. The zero-order valence-corrected chi connectivity index (χ0v) is 19.1. The molecule has 0 spiro atoms. The molecule has 2 saturated heterocycles. The van der Waals surface area contributed by atoms with Crippen LogP contribution >= 0.6 is 0 Å². The van der Waals surface area contributed by atoms with Crippen molar-refractivity contribution in [3.8, 4) is 5.69 Å². The summed E-state index contributed by atoms with van der Waals surface area (Å²) in [4.78, 5) is 33.1. The van der Waals surface area contributed by atoms with E-state index >= 15 is 0 Å². The minimum absolute atomic E-state index is 0.222. The first-order valence-corrected chi connectivity index (χ1v) is 11.6. The van der Waals surface area contributed by atoms with Gasteiger partial charge in [-0.2, -0.15) is 4.98 Å². The number of piperidine rings is 1. The molecule has 2 aliphatic heterocycles. The SMILES string of the molecule is CC(N)C1CCN(Cc2ccc(-n3ccc(NC(=O)N4CCN[C@H](N)C4)nc3=O)cc2)CC1. The minimum atomic E-state index is -0.449. The Hall–Kier alpha value is -2.79. The first kappa shape index (κ1) is 23.4. The normalized spacial score (nSPS) is 21.1. The summed E-state index contributed by atoms with van der Waals surface area (Å²) < 4.78 is 1.47. The van der Waals surface area contributed by atoms with E-state index in [9.17, 15) is 9.59 Å². The van der Waals surface area contributed by atoms with Gasteiger partial charge in [0.1, 0.15) is 5.82 Å². The molecule has 10 nitrogen and oxygen atoms in total. The van der Waals surface area contributed by atoms with E-state index in [4.69, 9.17) is 11.5 Å². The first-order chi connectivity index (χ1) is 15.9. The molecule has 2 fully saturated rings. The highest BCUT2D eigenvalue weighted by Crippen LogP contribution is 2.21. The van der Waals surface area contributed by atoms with E-state index in [1.807, 2.05) is 24.3 Å². The Morgan fingerprint density at radius 1 is 1.21 bits per heavy atom. The van der Waals surface area contributed by atoms with Crippen molar-refractivity contribution in [2.45, 2.75) is 38.5 Å². The average Bonchev–Trinajstić information content (AvgIpc) is 2.80. The first-order valence-electron chi connectivity index (χ1n) is 11.6. The van der Waals surface area contributed by atoms with Gasteiger partial charge in [-0.05, 0) is 62.5 Å². The lowest BCUT2D eigenvalue weighted by Crippen LogP contribution is -2.57. The monoisotopic (exact) mass is 454 g/mol. The number of urea groups is 1. The molecule has 1 aromatic carbocycles. The lowest BCUT2D eigenvalue weighted by atomic mass is 9.91. The van der Waals surface area contributed by atoms with Gasteiger partial charge in [0, 0.05) is 31.9 Å². The summed E-state index contributed by atoms with van der Waals surface area (Å²) in [6.45, 7) is 6.68. The van der Waals surface area contributed by atoms with Crippen LogP contribution in [0.2, 0.25) is 0 Å². The van der Waals surface area contributed by atoms with Crippen LogP contribution in [0.25, 0.3) is 5.69 Å². The number of carbonyl (C=O) groups excluding carboxylic acids is 1. The number of nitrogens with zero attached hydrogens (tertiary/aromatic N) is 4. The predicted octanol–water partition coefficient (Wildman–Crippen LogP) is 0.514. The van der Waals surface area contributed by atoms with E-state index in [1.165, 1.54) is 10.1 Å². The van der Waals surface area contributed by atoms with Crippen LogP contribution in [0.3, 0.4) is 0 Å². The number of anilines is 1. The summed E-state index contributed by atoms with van der Waals surface area (Å²) in [5, 5.41) is 5.76. The summed E-state index contributed by atoms with van der Waals surface area (Å²) in [5.41, 5.74) is 13.4. The molecule has 0 aliphatic carbocycles. The summed E-state index contributed by atoms with van der Waals surface area (Å²) in [7, 11) is 0. The van der Waals surface area contributed by atoms with Crippen molar-refractivity contribution in [2.24, 2.45) is 17.4 Å². The van der Waals surface area contributed by atoms with Crippen molar-refractivity contribution < 1.29 is 4.79 Å². The van der Waals surface area contributed by atoms with Gasteiger partial charge in [0.25, 0.3) is 0 Å². The molecule has 0 saturated carbocycles. The van der Waals surface area contributed by atoms with E-state index in [-0.39, 0.29) is 24.1 Å². The molecule has 0 radical (unpaired) electrons. The quantitative estimate of drug-likeness (QED) is 0.517. The summed E-state index contributed by atoms with van der Waals surface area (Å²) >= 11 is 0. The van der Waals surface area contributed by atoms with Crippen molar-refractivity contribution in [1.29, 1.82) is 0 Å². The van der Waals surface area contributed by atoms with Gasteiger partial charge in [0.05, 0.1) is 18.4 Å². The Morgan fingerprint density at radius 2 is 1.94 bits per heavy atom. The molecular formula is C23H34N8O2. The number of rotatable bonds is 5. The molecule has 1 aromatic heterocycles. The largest absolute Gasteiger partial charge is 0.354 e. The molecule has 2 amide bonds. The average molecular weight is 455 g/mol. The molecule has 3 heterocycles. The van der Waals surface area contributed by atoms with Crippen molar-refractivity contribution in [2.75, 3.05) is 38.0 Å². The zero-order chi connectivity index (χ0) is 23.4. The van der Waals surface area contributed by atoms with Gasteiger partial charge in [-0.25, -0.2) is 9.59 Å². The number of piperazine rings is 1. The van der Waals surface area contributed by atoms with Crippen LogP contribution in [0.15, 0.2) is 41.3 Å². The Balaban J connectivity index is 1.35. The van der Waals surface area contributed by atoms with Gasteiger partial charge < -0.3 is 16.4 Å². The van der Waals surface area contributed by atoms with E-state index in [1.54, 1.807) is 17.2 Å². The van der Waals surface area contributed by atoms with Crippen molar-refractivity contribution >= 4 is 11.8 Å². The number of benzene rings is 1. The summed E-state index contributed by atoms with van der Waals surface area (Å²) in [5.74, 6) is 0.838. The maximum Gasteiger partial charge on any atom is 0.354 e. The Labute approximate surface area is 193 Å². The molecule has 10 heteroatoms. The number of hydrogen-bond acceptors (Lipinski definition) is 7. The number of carbonyl (C=O) groups is 1. The van der Waals surface area contributed by atoms with Gasteiger partial charge >= 0.3 is 11.7 Å². The molecule has 2 aromatic rings. The van der Waals surface area contributed by atoms with Crippen molar-refractivity contribution in [1.82, 2.24) is 24.7 Å². The second kappa shape index (κ2) is 10.4. The third-order valence-corrected chi connectivity index (χ3v) is 6.53. The Bertz CT molecular complexity index is 998. The zero-order valence-electron chi connectivity index (χ0n) is 19.1. The smallest absolute Gasteiger partial charge is 0.328 e. The van der Waals surface area contributed by atoms with E-state index in [0.717, 1.165) is 38.2 Å². The Morgan fingerprint density at radius 3 is 2.58 bits per heavy atom. The van der Waals surface area contributed by atoms with Crippen LogP contribution in [-0.4, -0.2) is 70.3 Å². The predicted molar refractivity (Wildman–Crippen MR) is 128 cm³/mol. The fraction of sp³-hybridized carbons (Fsp3) is 0.522. The lowest BCUT2D eigenvalue weighted by Gasteiger charge is -2.33. The molecule has 6 N–H and O–H groups in total. The molecule has 1 unspecified atom stereocenters. The molecule has 33 heavy (non-hydrogen) atoms. The lowest BCUT2D eigenvalue weighted by molar-refractivity contribution is 0.166. The third-order valence-electron chi connectivity index (χ3n) is 6.53. The van der Waals surface area contributed by atoms with Crippen LogP contribution in [-0.2, 0) is 6.54 Å². The fourth-order valence-corrected chi connectivity index (χ4v) is 4.48. The van der Waals surface area contributed by atoms with Gasteiger partial charge in [0.15, 0.2) is 0 Å². The van der Waals surface area contributed by atoms with Gasteiger partial charge in [-0.1, -0.05) is 12.1 Å². The van der Waals surface area contributed by atoms with Gasteiger partial charge in [-0.15, -0.1) is 0 Å². The standard InChI is InChI=1S/C23H34N8O2/c1-16(24)18-6-10-29(11-7-18)14-17-2-4-19(5-3-17)31-12-8-21(28-23(31)33)27-22(32)30-13-9-26-20(25)15-30/h2-5,8,12,16,18,20,26H,6-7,9-11,13-15,24-25H2,1H3,(H,27,28,32,33)/t16?,20-/m0/s1. The molecule has 0 bridgehead atoms. The van der Waals surface area contributed by atoms with Crippen molar-refractivity contribution in [3.05, 3.63) is 52.6 Å². The number of hydrogen-bond donors (Lipinski definition) is 4. The maximum absolute atomic E-state index is 12.6. The number of likely N-dealkylation sites (tertiary alicyclic amines) is 1. The molecule has 4 rings (SSSR count). The van der Waals surface area contributed by atoms with Gasteiger partial charge in [-0.3, -0.25) is 20.1 Å². The number of aromatic nitrogens is 2. The highest BCUT2D eigenvalue weighted by atomic mass is 16.2. The molecule has 2 atom stereocenters. The Kier molecular flexibility index (Phi) is 7.39. The van der Waals surface area contributed by atoms with Crippen molar-refractivity contribution in [3.63, 3.8) is 0 Å². The second-order valence-electron chi connectivity index (χ2n) is 9.04. The minimum Gasteiger partial charge on any atom is -0.328 e.